The monoisotopic (exact) mass is 326 g/mol. The molecule has 3 aromatic rings. The van der Waals surface area contributed by atoms with Gasteiger partial charge >= 0.3 is 0 Å². The van der Waals surface area contributed by atoms with Gasteiger partial charge in [0, 0.05) is 18.1 Å². The Kier molecular flexibility index (Phi) is 4.79. The minimum atomic E-state index is -0.254. The molecule has 1 aromatic heterocycles. The number of ether oxygens (including phenoxy) is 1. The number of nitrogens with one attached hydrogen (secondary N) is 1. The number of hydrogen-bond donors (Lipinski definition) is 1. The first kappa shape index (κ1) is 16.1. The van der Waals surface area contributed by atoms with Crippen molar-refractivity contribution in [1.29, 1.82) is 0 Å². The fraction of sp³-hybridized carbons (Fsp3) is 0.211. The number of methoxy groups -OCH3 is 1. The average molecular weight is 326 g/mol. The second-order valence-corrected chi connectivity index (χ2v) is 5.57. The smallest absolute Gasteiger partial charge is 0.239 e. The predicted octanol–water partition coefficient (Wildman–Crippen LogP) is 3.15. The number of para-hydroxylation sites is 1. The molecule has 0 fully saturated rings. The molecule has 4 nitrogen and oxygen atoms in total. The fourth-order valence-corrected chi connectivity index (χ4v) is 2.73. The lowest BCUT2D eigenvalue weighted by Crippen LogP contribution is -2.29. The first-order valence-electron chi connectivity index (χ1n) is 7.80. The number of carbonyl (C=O) groups is 1. The third kappa shape index (κ3) is 3.56. The van der Waals surface area contributed by atoms with E-state index >= 15 is 0 Å². The van der Waals surface area contributed by atoms with Gasteiger partial charge in [0.05, 0.1) is 12.6 Å². The molecular formula is C19H19FN2O2. The normalized spacial score (nSPS) is 10.8. The topological polar surface area (TPSA) is 43.3 Å². The van der Waals surface area contributed by atoms with E-state index in [0.29, 0.717) is 13.0 Å². The number of carbonyl (C=O) groups excluding carboxylic acids is 1. The van der Waals surface area contributed by atoms with Crippen molar-refractivity contribution in [3.05, 3.63) is 66.1 Å². The van der Waals surface area contributed by atoms with E-state index in [1.165, 1.54) is 12.1 Å². The summed E-state index contributed by atoms with van der Waals surface area (Å²) in [7, 11) is 1.62. The number of hydrogen-bond acceptors (Lipinski definition) is 2. The molecule has 0 unspecified atom stereocenters. The fourth-order valence-electron chi connectivity index (χ4n) is 2.73. The van der Waals surface area contributed by atoms with Crippen molar-refractivity contribution in [2.45, 2.75) is 13.0 Å². The molecule has 1 amide bonds. The molecule has 0 aliphatic rings. The van der Waals surface area contributed by atoms with Crippen LogP contribution in [0.4, 0.5) is 4.39 Å². The Morgan fingerprint density at radius 1 is 1.17 bits per heavy atom. The van der Waals surface area contributed by atoms with Crippen molar-refractivity contribution < 1.29 is 13.9 Å². The van der Waals surface area contributed by atoms with Crippen molar-refractivity contribution in [2.75, 3.05) is 13.7 Å². The zero-order chi connectivity index (χ0) is 16.9. The van der Waals surface area contributed by atoms with Crippen molar-refractivity contribution in [1.82, 2.24) is 9.88 Å². The van der Waals surface area contributed by atoms with Crippen LogP contribution in [0.3, 0.4) is 0 Å². The van der Waals surface area contributed by atoms with Crippen LogP contribution in [0.1, 0.15) is 5.56 Å². The lowest BCUT2D eigenvalue weighted by Gasteiger charge is -2.10. The SMILES string of the molecule is COc1cccc2ccn(CC(=O)NCCc3ccc(F)cc3)c12. The van der Waals surface area contributed by atoms with Crippen LogP contribution in [-0.4, -0.2) is 24.1 Å². The average Bonchev–Trinajstić information content (AvgIpc) is 3.00. The number of benzene rings is 2. The molecule has 24 heavy (non-hydrogen) atoms. The van der Waals surface area contributed by atoms with Gasteiger partial charge in [-0.1, -0.05) is 24.3 Å². The van der Waals surface area contributed by atoms with E-state index in [-0.39, 0.29) is 18.3 Å². The molecule has 0 aliphatic carbocycles. The molecule has 0 atom stereocenters. The first-order chi connectivity index (χ1) is 11.7. The molecule has 0 saturated heterocycles. The summed E-state index contributed by atoms with van der Waals surface area (Å²) in [5.41, 5.74) is 1.90. The van der Waals surface area contributed by atoms with Crippen LogP contribution in [0.15, 0.2) is 54.7 Å². The minimum absolute atomic E-state index is 0.0690. The van der Waals surface area contributed by atoms with E-state index in [1.54, 1.807) is 19.2 Å². The molecule has 1 N–H and O–H groups in total. The van der Waals surface area contributed by atoms with Gasteiger partial charge in [-0.3, -0.25) is 4.79 Å². The van der Waals surface area contributed by atoms with E-state index in [1.807, 2.05) is 35.0 Å². The summed E-state index contributed by atoms with van der Waals surface area (Å²) < 4.78 is 20.1. The van der Waals surface area contributed by atoms with E-state index in [9.17, 15) is 9.18 Å². The number of rotatable bonds is 6. The van der Waals surface area contributed by atoms with Crippen LogP contribution in [0.25, 0.3) is 10.9 Å². The Balaban J connectivity index is 1.60. The summed E-state index contributed by atoms with van der Waals surface area (Å²) in [4.78, 5) is 12.2. The third-order valence-electron chi connectivity index (χ3n) is 3.93. The van der Waals surface area contributed by atoms with Gasteiger partial charge in [0.1, 0.15) is 18.1 Å². The van der Waals surface area contributed by atoms with Gasteiger partial charge in [-0.25, -0.2) is 4.39 Å². The Morgan fingerprint density at radius 3 is 2.71 bits per heavy atom. The zero-order valence-corrected chi connectivity index (χ0v) is 13.5. The van der Waals surface area contributed by atoms with Crippen LogP contribution < -0.4 is 10.1 Å². The van der Waals surface area contributed by atoms with Crippen LogP contribution in [0, 0.1) is 5.82 Å². The third-order valence-corrected chi connectivity index (χ3v) is 3.93. The number of aromatic nitrogens is 1. The predicted molar refractivity (Wildman–Crippen MR) is 91.6 cm³/mol. The number of nitrogens with zero attached hydrogens (tertiary/aromatic N) is 1. The Bertz CT molecular complexity index is 840. The van der Waals surface area contributed by atoms with Crippen LogP contribution in [0.2, 0.25) is 0 Å². The number of halogens is 1. The van der Waals surface area contributed by atoms with Crippen LogP contribution in [-0.2, 0) is 17.8 Å². The molecule has 0 bridgehead atoms. The summed E-state index contributed by atoms with van der Waals surface area (Å²) in [6, 6.07) is 14.1. The standard InChI is InChI=1S/C19H19FN2O2/c1-24-17-4-2-3-15-10-12-22(19(15)17)13-18(23)21-11-9-14-5-7-16(20)8-6-14/h2-8,10,12H,9,11,13H2,1H3,(H,21,23). The van der Waals surface area contributed by atoms with Crippen molar-refractivity contribution in [3.63, 3.8) is 0 Å². The maximum absolute atomic E-state index is 12.9. The highest BCUT2D eigenvalue weighted by molar-refractivity contribution is 5.87. The van der Waals surface area contributed by atoms with E-state index in [0.717, 1.165) is 22.2 Å². The molecule has 0 radical (unpaired) electrons. The van der Waals surface area contributed by atoms with Gasteiger partial charge in [-0.15, -0.1) is 0 Å². The molecule has 5 heteroatoms. The van der Waals surface area contributed by atoms with Crippen LogP contribution >= 0.6 is 0 Å². The molecule has 0 aliphatic heterocycles. The summed E-state index contributed by atoms with van der Waals surface area (Å²) >= 11 is 0. The second-order valence-electron chi connectivity index (χ2n) is 5.57. The van der Waals surface area contributed by atoms with Gasteiger partial charge < -0.3 is 14.6 Å². The van der Waals surface area contributed by atoms with Gasteiger partial charge in [-0.2, -0.15) is 0 Å². The Labute approximate surface area is 139 Å². The summed E-state index contributed by atoms with van der Waals surface area (Å²) in [6.07, 6.45) is 2.55. The number of fused-ring (bicyclic) bond motifs is 1. The highest BCUT2D eigenvalue weighted by Gasteiger charge is 2.10. The molecule has 3 rings (SSSR count). The van der Waals surface area contributed by atoms with E-state index in [2.05, 4.69) is 5.32 Å². The van der Waals surface area contributed by atoms with Gasteiger partial charge in [0.2, 0.25) is 5.91 Å². The summed E-state index contributed by atoms with van der Waals surface area (Å²) in [5, 5.41) is 3.93. The molecule has 0 saturated carbocycles. The van der Waals surface area contributed by atoms with E-state index < -0.39 is 0 Å². The van der Waals surface area contributed by atoms with Crippen LogP contribution in [0.5, 0.6) is 5.75 Å². The maximum Gasteiger partial charge on any atom is 0.239 e. The molecule has 2 aromatic carbocycles. The minimum Gasteiger partial charge on any atom is -0.495 e. The van der Waals surface area contributed by atoms with Gasteiger partial charge in [-0.05, 0) is 36.2 Å². The summed E-state index contributed by atoms with van der Waals surface area (Å²) in [6.45, 7) is 0.744. The zero-order valence-electron chi connectivity index (χ0n) is 13.5. The second kappa shape index (κ2) is 7.17. The van der Waals surface area contributed by atoms with Crippen molar-refractivity contribution in [3.8, 4) is 5.75 Å². The van der Waals surface area contributed by atoms with E-state index in [4.69, 9.17) is 4.74 Å². The Hall–Kier alpha value is -2.82. The highest BCUT2D eigenvalue weighted by Crippen LogP contribution is 2.26. The molecule has 0 spiro atoms. The first-order valence-corrected chi connectivity index (χ1v) is 7.80. The molecular weight excluding hydrogens is 307 g/mol. The molecule has 1 heterocycles. The maximum atomic E-state index is 12.9. The lowest BCUT2D eigenvalue weighted by molar-refractivity contribution is -0.121. The van der Waals surface area contributed by atoms with Gasteiger partial charge in [0.15, 0.2) is 0 Å². The quantitative estimate of drug-likeness (QED) is 0.756. The van der Waals surface area contributed by atoms with Crippen molar-refractivity contribution >= 4 is 16.8 Å². The lowest BCUT2D eigenvalue weighted by atomic mass is 10.1. The summed E-state index contributed by atoms with van der Waals surface area (Å²) in [5.74, 6) is 0.424. The largest absolute Gasteiger partial charge is 0.495 e. The van der Waals surface area contributed by atoms with Crippen molar-refractivity contribution in [2.24, 2.45) is 0 Å². The Morgan fingerprint density at radius 2 is 1.96 bits per heavy atom. The van der Waals surface area contributed by atoms with Gasteiger partial charge in [0.25, 0.3) is 0 Å². The number of amides is 1. The highest BCUT2D eigenvalue weighted by atomic mass is 19.1. The molecule has 124 valence electrons.